The molecule has 1 aliphatic carbocycles. The molecule has 0 bridgehead atoms. The molecule has 4 rings (SSSR count). The Morgan fingerprint density at radius 1 is 0.857 bits per heavy atom. The lowest BCUT2D eigenvalue weighted by molar-refractivity contribution is 0.226. The molecule has 0 unspecified atom stereocenters. The Morgan fingerprint density at radius 2 is 1.46 bits per heavy atom. The summed E-state index contributed by atoms with van der Waals surface area (Å²) in [6.45, 7) is 1.04. The molecule has 0 N–H and O–H groups in total. The molecule has 0 amide bonds. The van der Waals surface area contributed by atoms with E-state index in [0.717, 1.165) is 53.5 Å². The lowest BCUT2D eigenvalue weighted by Crippen LogP contribution is -2.35. The number of hydrogen-bond donors (Lipinski definition) is 0. The van der Waals surface area contributed by atoms with Crippen molar-refractivity contribution in [1.29, 1.82) is 0 Å². The second-order valence-corrected chi connectivity index (χ2v) is 6.87. The van der Waals surface area contributed by atoms with Crippen LogP contribution in [0.3, 0.4) is 0 Å². The highest BCUT2D eigenvalue weighted by atomic mass is 127. The Labute approximate surface area is 181 Å². The fraction of sp³-hybridized carbons (Fsp3) is 0.455. The monoisotopic (exact) mass is 497 g/mol. The highest BCUT2D eigenvalue weighted by molar-refractivity contribution is 14.1. The third-order valence-electron chi connectivity index (χ3n) is 5.69. The lowest BCUT2D eigenvalue weighted by atomic mass is 9.76. The van der Waals surface area contributed by atoms with Crippen LogP contribution in [0.4, 0.5) is 0 Å². The molecule has 2 aliphatic rings. The van der Waals surface area contributed by atoms with E-state index in [1.165, 1.54) is 16.7 Å². The highest BCUT2D eigenvalue weighted by Crippen LogP contribution is 2.53. The fourth-order valence-electron chi connectivity index (χ4n) is 4.38. The predicted octanol–water partition coefficient (Wildman–Crippen LogP) is 4.52. The number of benzene rings is 2. The first kappa shape index (κ1) is 21.0. The molecule has 1 heterocycles. The average Bonchev–Trinajstić information content (AvgIpc) is 2.75. The van der Waals surface area contributed by atoms with Gasteiger partial charge in [-0.15, -0.1) is 0 Å². The molecule has 5 nitrogen and oxygen atoms in total. The molecule has 2 aromatic carbocycles. The smallest absolute Gasteiger partial charge is 0.168 e. The third-order valence-corrected chi connectivity index (χ3v) is 5.69. The molecule has 6 heteroatoms. The first-order chi connectivity index (χ1) is 13.6. The van der Waals surface area contributed by atoms with Gasteiger partial charge in [0.1, 0.15) is 0 Å². The maximum absolute atomic E-state index is 5.81. The topological polar surface area (TPSA) is 40.2 Å². The zero-order valence-corrected chi connectivity index (χ0v) is 19.5. The molecular formula is C22H28INO4. The summed E-state index contributed by atoms with van der Waals surface area (Å²) >= 11 is 2.15. The van der Waals surface area contributed by atoms with Crippen molar-refractivity contribution in [1.82, 2.24) is 4.90 Å². The van der Waals surface area contributed by atoms with Crippen molar-refractivity contribution in [3.05, 3.63) is 34.9 Å². The van der Waals surface area contributed by atoms with Crippen LogP contribution in [-0.2, 0) is 12.8 Å². The van der Waals surface area contributed by atoms with E-state index in [9.17, 15) is 0 Å². The molecule has 1 atom stereocenters. The normalized spacial score (nSPS) is 16.9. The highest BCUT2D eigenvalue weighted by Gasteiger charge is 2.36. The van der Waals surface area contributed by atoms with Crippen molar-refractivity contribution in [3.8, 4) is 34.1 Å². The van der Waals surface area contributed by atoms with Gasteiger partial charge < -0.3 is 18.9 Å². The van der Waals surface area contributed by atoms with Crippen LogP contribution in [0.15, 0.2) is 18.2 Å². The minimum Gasteiger partial charge on any atom is -0.493 e. The van der Waals surface area contributed by atoms with Crippen molar-refractivity contribution in [2.45, 2.75) is 18.9 Å². The molecular weight excluding hydrogens is 469 g/mol. The summed E-state index contributed by atoms with van der Waals surface area (Å²) in [4.78, 5) is 4.40. The summed E-state index contributed by atoms with van der Waals surface area (Å²) in [5.41, 5.74) is 6.21. The van der Waals surface area contributed by atoms with E-state index >= 15 is 0 Å². The van der Waals surface area contributed by atoms with Crippen LogP contribution in [-0.4, -0.2) is 51.9 Å². The Hall–Kier alpha value is -1.67. The third kappa shape index (κ3) is 3.30. The van der Waals surface area contributed by atoms with E-state index < -0.39 is 0 Å². The number of ether oxygens (including phenoxy) is 4. The zero-order valence-electron chi connectivity index (χ0n) is 17.4. The van der Waals surface area contributed by atoms with Gasteiger partial charge in [-0.1, -0.05) is 22.6 Å². The second kappa shape index (κ2) is 8.78. The quantitative estimate of drug-likeness (QED) is 0.459. The summed E-state index contributed by atoms with van der Waals surface area (Å²) in [6.07, 6.45) is 1.96. The van der Waals surface area contributed by atoms with Gasteiger partial charge in [0, 0.05) is 18.2 Å². The molecule has 0 saturated carbocycles. The van der Waals surface area contributed by atoms with Gasteiger partial charge in [0.15, 0.2) is 23.0 Å². The first-order valence-corrected chi connectivity index (χ1v) is 11.4. The van der Waals surface area contributed by atoms with Gasteiger partial charge in [0.25, 0.3) is 0 Å². The Balaban J connectivity index is 0.00000109. The van der Waals surface area contributed by atoms with E-state index in [4.69, 9.17) is 18.9 Å². The van der Waals surface area contributed by atoms with Crippen molar-refractivity contribution in [3.63, 3.8) is 0 Å². The van der Waals surface area contributed by atoms with Crippen LogP contribution in [0.2, 0.25) is 0 Å². The first-order valence-electron chi connectivity index (χ1n) is 9.24. The largest absolute Gasteiger partial charge is 0.493 e. The number of methoxy groups -OCH3 is 4. The molecule has 1 aliphatic heterocycles. The van der Waals surface area contributed by atoms with Crippen LogP contribution in [0, 0.1) is 0 Å². The summed E-state index contributed by atoms with van der Waals surface area (Å²) < 4.78 is 22.6. The summed E-state index contributed by atoms with van der Waals surface area (Å²) in [6, 6.07) is 6.64. The lowest BCUT2D eigenvalue weighted by Gasteiger charge is -2.40. The summed E-state index contributed by atoms with van der Waals surface area (Å²) in [7, 11) is 8.94. The maximum Gasteiger partial charge on any atom is 0.168 e. The summed E-state index contributed by atoms with van der Waals surface area (Å²) in [5.74, 6) is 3.06. The van der Waals surface area contributed by atoms with Gasteiger partial charge >= 0.3 is 0 Å². The number of halogens is 1. The Kier molecular flexibility index (Phi) is 6.60. The van der Waals surface area contributed by atoms with Crippen molar-refractivity contribution in [2.75, 3.05) is 47.0 Å². The number of alkyl halides is 1. The molecule has 0 saturated heterocycles. The molecule has 152 valence electrons. The number of hydrogen-bond acceptors (Lipinski definition) is 5. The van der Waals surface area contributed by atoms with Crippen LogP contribution in [0.5, 0.6) is 23.0 Å². The van der Waals surface area contributed by atoms with Crippen LogP contribution < -0.4 is 18.9 Å². The van der Waals surface area contributed by atoms with E-state index in [1.807, 2.05) is 4.93 Å². The standard InChI is InChI=1S/C21H25NO4.CH3I/c1-22-7-6-12-9-18(25-4)21(26-5)20-14-11-17(24-3)16(23-2)10-13(14)8-15(22)19(12)20;1-2/h9-11,15H,6-8H2,1-5H3;1H3/t15-;/m0./s1. The molecule has 28 heavy (non-hydrogen) atoms. The van der Waals surface area contributed by atoms with Gasteiger partial charge in [-0.3, -0.25) is 4.90 Å². The fourth-order valence-corrected chi connectivity index (χ4v) is 4.38. The SMILES string of the molecule is CI.COc1cc2c(cc1OC)-c1c(OC)c(OC)cc3c1[C@H](C2)N(C)CC3. The van der Waals surface area contributed by atoms with Gasteiger partial charge in [-0.25, -0.2) is 0 Å². The van der Waals surface area contributed by atoms with E-state index in [2.05, 4.69) is 52.7 Å². The predicted molar refractivity (Wildman–Crippen MR) is 121 cm³/mol. The maximum atomic E-state index is 5.81. The minimum atomic E-state index is 0.333. The van der Waals surface area contributed by atoms with E-state index in [-0.39, 0.29) is 0 Å². The number of likely N-dealkylation sites (N-methyl/N-ethyl adjacent to an activating group) is 1. The van der Waals surface area contributed by atoms with Crippen molar-refractivity contribution in [2.24, 2.45) is 0 Å². The van der Waals surface area contributed by atoms with Crippen molar-refractivity contribution < 1.29 is 18.9 Å². The number of rotatable bonds is 4. The molecule has 0 aromatic heterocycles. The van der Waals surface area contributed by atoms with E-state index in [0.29, 0.717) is 6.04 Å². The van der Waals surface area contributed by atoms with Gasteiger partial charge in [-0.05, 0) is 65.3 Å². The zero-order chi connectivity index (χ0) is 20.4. The van der Waals surface area contributed by atoms with Gasteiger partial charge in [0.2, 0.25) is 0 Å². The minimum absolute atomic E-state index is 0.333. The molecule has 0 radical (unpaired) electrons. The van der Waals surface area contributed by atoms with Gasteiger partial charge in [-0.2, -0.15) is 0 Å². The summed E-state index contributed by atoms with van der Waals surface area (Å²) in [5, 5.41) is 0. The van der Waals surface area contributed by atoms with Crippen LogP contribution >= 0.6 is 22.6 Å². The van der Waals surface area contributed by atoms with E-state index in [1.54, 1.807) is 28.4 Å². The Morgan fingerprint density at radius 3 is 2.07 bits per heavy atom. The van der Waals surface area contributed by atoms with Crippen molar-refractivity contribution >= 4 is 22.6 Å². The molecule has 0 fully saturated rings. The van der Waals surface area contributed by atoms with Crippen LogP contribution in [0.25, 0.3) is 11.1 Å². The number of fused-ring (bicyclic) bond motifs is 2. The number of nitrogens with zero attached hydrogens (tertiary/aromatic N) is 1. The molecule has 0 spiro atoms. The Bertz CT molecular complexity index is 868. The average molecular weight is 497 g/mol. The second-order valence-electron chi connectivity index (χ2n) is 6.87. The van der Waals surface area contributed by atoms with Gasteiger partial charge in [0.05, 0.1) is 28.4 Å². The molecule has 2 aromatic rings. The van der Waals surface area contributed by atoms with Crippen LogP contribution in [0.1, 0.15) is 22.7 Å².